The number of esters is 1. The number of pyridine rings is 8. The molecule has 149 heavy (non-hydrogen) atoms. The fraction of sp³-hybridized carbons (Fsp3) is 0.475. The molecule has 4 N–H and O–H groups in total. The number of imide groups is 1. The van der Waals surface area contributed by atoms with E-state index >= 15 is 0 Å². The van der Waals surface area contributed by atoms with Gasteiger partial charge in [0.1, 0.15) is 47.0 Å². The van der Waals surface area contributed by atoms with E-state index in [-0.39, 0.29) is 175 Å². The number of nitrogens with zero attached hydrogens (tertiary/aromatic N) is 6. The number of ketones is 7. The quantitative estimate of drug-likeness (QED) is 0.0201. The Labute approximate surface area is 882 Å². The molecule has 0 fully saturated rings. The summed E-state index contributed by atoms with van der Waals surface area (Å²) in [6, 6.07) is 24.9. The number of aromatic amines is 2. The number of aliphatic hydroxyl groups is 1. The van der Waals surface area contributed by atoms with E-state index in [0.717, 1.165) is 45.2 Å². The summed E-state index contributed by atoms with van der Waals surface area (Å²) in [6.45, 7) is 63.8. The van der Waals surface area contributed by atoms with E-state index in [1.54, 1.807) is 112 Å². The summed E-state index contributed by atoms with van der Waals surface area (Å²) in [5.74, 6) is 1.85. The topological polar surface area (TPSA) is 410 Å². The monoisotopic (exact) mass is 2080 g/mol. The number of rotatable bonds is 28. The van der Waals surface area contributed by atoms with Gasteiger partial charge in [0, 0.05) is 179 Å². The van der Waals surface area contributed by atoms with Crippen molar-refractivity contribution in [2.75, 3.05) is 7.11 Å². The summed E-state index contributed by atoms with van der Waals surface area (Å²) in [5.41, 5.74) is 7.47. The molecule has 0 bridgehead atoms. The fourth-order valence-corrected chi connectivity index (χ4v) is 14.3. The number of hydrogen-bond acceptors (Lipinski definition) is 20. The molecule has 0 atom stereocenters. The second-order valence-corrected chi connectivity index (χ2v) is 41.7. The normalized spacial score (nSPS) is 12.5. The number of aryl methyl sites for hydroxylation is 2. The number of hydrogen-bond donors (Lipinski definition) is 4. The van der Waals surface area contributed by atoms with Crippen LogP contribution in [0.1, 0.15) is 344 Å². The first-order chi connectivity index (χ1) is 69.2. The van der Waals surface area contributed by atoms with Crippen LogP contribution in [-0.4, -0.2) is 108 Å². The van der Waals surface area contributed by atoms with Crippen LogP contribution in [0.5, 0.6) is 0 Å². The van der Waals surface area contributed by atoms with Crippen LogP contribution in [0.15, 0.2) is 238 Å². The van der Waals surface area contributed by atoms with E-state index in [1.807, 2.05) is 253 Å². The van der Waals surface area contributed by atoms with Crippen LogP contribution in [-0.2, 0) is 92.0 Å². The predicted molar refractivity (Wildman–Crippen MR) is 594 cm³/mol. The van der Waals surface area contributed by atoms with Gasteiger partial charge in [0.2, 0.25) is 5.91 Å². The maximum Gasteiger partial charge on any atom is 0.325 e. The molecule has 814 valence electrons. The van der Waals surface area contributed by atoms with Gasteiger partial charge in [0.25, 0.3) is 50.4 Å². The summed E-state index contributed by atoms with van der Waals surface area (Å²) in [5, 5.41) is 12.1. The highest BCUT2D eigenvalue weighted by molar-refractivity contribution is 6.32. The van der Waals surface area contributed by atoms with Crippen LogP contribution in [0.3, 0.4) is 0 Å². The van der Waals surface area contributed by atoms with Crippen molar-refractivity contribution in [1.82, 2.24) is 42.7 Å². The Balaban J connectivity index is 0.000000822. The zero-order chi connectivity index (χ0) is 114. The first-order valence-electron chi connectivity index (χ1n) is 50.5. The maximum absolute atomic E-state index is 12.5. The lowest BCUT2D eigenvalue weighted by Crippen LogP contribution is -2.35. The number of H-pyrrole nitrogens is 2. The standard InChI is InChI=1S/2C14H21NO2.2C12H17NO2.C11H15NO3.C11H15NO2.C10H13NO2.C9H11ClO.C9H12O.C8H10FNO.C8H11NO2/c2*1-10(2)12-7-6-8-15(13(12)17)9-14(4,5)11(3)16;2*1-9(2)11-5-4-7-13(12(11)15)8-6-10(3)14;1-8(2)9-5-4-6-12(11(9)14)7-10(13)15-3;1-8(2)10-5-4-6-12(11(10)14)7-9(3)13;1-6(2)9-4-8(7(3)12)5-11-10(9)13;1-6(2)8-5-7(10)3-4-9(8)11;1-7(2)8-5-3-4-6-9(8)10;1-5(2)7-3-6(9)4-10-8(7)11;1-5(2)6-3-4-7(10)9-8(6)11/h2*6-8,10H,9H2,1-5H3;2*4-5,7,9H,6,8H2,1-3H3;4-6,8H,7H2,1-3H3;4-6,8H,7H2,1-3H3;4-6,12H,3H2,1-2H3,(H,11,13);3,5-6H,4H2,1-2H3;3-5,7H,6H2,1-2H3;3-5H,1-2H3,(H,10,11);3,5H,4H2,1-2H3,(H,9,10,11). The van der Waals surface area contributed by atoms with Crippen molar-refractivity contribution >= 4 is 75.6 Å². The number of carbonyl (C=O) groups is 10. The van der Waals surface area contributed by atoms with Gasteiger partial charge in [-0.2, -0.15) is 0 Å². The third-order valence-electron chi connectivity index (χ3n) is 23.8. The Morgan fingerprint density at radius 2 is 0.732 bits per heavy atom. The van der Waals surface area contributed by atoms with Crippen LogP contribution >= 0.6 is 11.6 Å². The summed E-state index contributed by atoms with van der Waals surface area (Å²) < 4.78 is 26.4. The molecule has 29 nitrogen and oxygen atoms in total. The van der Waals surface area contributed by atoms with Crippen molar-refractivity contribution < 1.29 is 62.2 Å². The number of methoxy groups -OCH3 is 1. The lowest BCUT2D eigenvalue weighted by molar-refractivity contribution is -0.141. The summed E-state index contributed by atoms with van der Waals surface area (Å²) in [6.07, 6.45) is 25.9. The first kappa shape index (κ1) is 133. The molecule has 9 heterocycles. The van der Waals surface area contributed by atoms with Gasteiger partial charge < -0.3 is 47.2 Å². The van der Waals surface area contributed by atoms with E-state index in [4.69, 9.17) is 16.7 Å². The van der Waals surface area contributed by atoms with Gasteiger partial charge in [0.05, 0.1) is 13.7 Å². The van der Waals surface area contributed by atoms with Gasteiger partial charge in [-0.15, -0.1) is 0 Å². The highest BCUT2D eigenvalue weighted by Gasteiger charge is 2.28. The molecule has 0 spiro atoms. The lowest BCUT2D eigenvalue weighted by Gasteiger charge is -2.22. The van der Waals surface area contributed by atoms with Crippen molar-refractivity contribution in [3.63, 3.8) is 0 Å². The number of halogens is 2. The highest BCUT2D eigenvalue weighted by Crippen LogP contribution is 2.26. The average Bonchev–Trinajstić information content (AvgIpc) is 0.820. The number of nitrogens with one attached hydrogen (secondary N) is 3. The molecule has 0 aromatic carbocycles. The van der Waals surface area contributed by atoms with Crippen LogP contribution in [0.25, 0.3) is 5.76 Å². The molecule has 0 radical (unpaired) electrons. The second kappa shape index (κ2) is 65.3. The number of allylic oxidation sites excluding steroid dienone is 8. The lowest BCUT2D eigenvalue weighted by atomic mass is 9.88. The minimum absolute atomic E-state index is 0.00648. The summed E-state index contributed by atoms with van der Waals surface area (Å²) in [4.78, 5) is 209. The molecule has 3 aliphatic rings. The molecule has 11 rings (SSSR count). The Hall–Kier alpha value is -13.6. The third kappa shape index (κ3) is 47.2. The SMILES string of the molecule is C=C(O)c1c[nH]c(=O)c(C(C)C)c1.CC(=O)C(C)(C)Cn1cccc(C(C)C)c1=O.CC(=O)C(C)(C)Cn1cccc(C(C)C)c1=O.CC(=O)CCn1cccc(C(C)C)c1=O.CC(=O)CCn1cccc(C(C)C)c1=O.CC(=O)Cn1cccc(C(C)C)c1=O.CC(C)C1=CC(Cl)=CCC1=O.CC(C)C1=CC=CCC1=O.CC(C)C1=CCC(=O)NC1=O.CC(C)c1cc(F)c[nH]c1=O.COC(=O)Cn1cccc(C(C)C)c1=O. The molecular formula is C118H163ClFN9O20. The van der Waals surface area contributed by atoms with Gasteiger partial charge >= 0.3 is 5.97 Å². The second-order valence-electron chi connectivity index (χ2n) is 41.2. The van der Waals surface area contributed by atoms with Gasteiger partial charge in [-0.25, -0.2) is 4.39 Å². The predicted octanol–water partition coefficient (Wildman–Crippen LogP) is 20.8. The Morgan fingerprint density at radius 1 is 0.409 bits per heavy atom. The van der Waals surface area contributed by atoms with E-state index in [0.29, 0.717) is 97.1 Å². The largest absolute Gasteiger partial charge is 0.508 e. The minimum atomic E-state index is -0.501. The number of carbonyl (C=O) groups excluding carboxylic acids is 10. The van der Waals surface area contributed by atoms with E-state index in [9.17, 15) is 90.7 Å². The molecule has 0 unspecified atom stereocenters. The molecule has 0 saturated heterocycles. The zero-order valence-corrected chi connectivity index (χ0v) is 94.4. The molecular weight excluding hydrogens is 1920 g/mol. The van der Waals surface area contributed by atoms with Crippen molar-refractivity contribution in [3.8, 4) is 0 Å². The summed E-state index contributed by atoms with van der Waals surface area (Å²) >= 11 is 5.75. The van der Waals surface area contributed by atoms with Crippen LogP contribution in [0, 0.1) is 34.4 Å². The van der Waals surface area contributed by atoms with Crippen molar-refractivity contribution in [1.29, 1.82) is 0 Å². The van der Waals surface area contributed by atoms with Crippen LogP contribution < -0.4 is 49.8 Å². The minimum Gasteiger partial charge on any atom is -0.508 e. The van der Waals surface area contributed by atoms with Gasteiger partial charge in [0.15, 0.2) is 11.6 Å². The molecule has 2 aliphatic carbocycles. The van der Waals surface area contributed by atoms with E-state index in [2.05, 4.69) is 26.6 Å². The number of aromatic nitrogens is 8. The molecule has 31 heteroatoms. The smallest absolute Gasteiger partial charge is 0.325 e. The third-order valence-corrected chi connectivity index (χ3v) is 24.1. The Morgan fingerprint density at radius 3 is 1.03 bits per heavy atom. The van der Waals surface area contributed by atoms with Crippen molar-refractivity contribution in [2.45, 2.75) is 333 Å². The highest BCUT2D eigenvalue weighted by atomic mass is 35.5. The van der Waals surface area contributed by atoms with Crippen molar-refractivity contribution in [2.24, 2.45) is 28.6 Å². The molecule has 2 amide bonds. The number of amides is 2. The number of ether oxygens (including phenoxy) is 1. The molecule has 8 aromatic heterocycles. The van der Waals surface area contributed by atoms with Crippen LogP contribution in [0.4, 0.5) is 4.39 Å². The van der Waals surface area contributed by atoms with Crippen LogP contribution in [0.2, 0.25) is 0 Å². The van der Waals surface area contributed by atoms with Gasteiger partial charge in [-0.05, 0) is 165 Å². The molecule has 0 saturated carbocycles. The van der Waals surface area contributed by atoms with Crippen molar-refractivity contribution in [3.05, 3.63) is 338 Å². The Bertz CT molecular complexity index is 6410. The van der Waals surface area contributed by atoms with Gasteiger partial charge in [-0.1, -0.05) is 265 Å². The van der Waals surface area contributed by atoms with E-state index < -0.39 is 22.6 Å². The van der Waals surface area contributed by atoms with Gasteiger partial charge in [-0.3, -0.25) is 91.6 Å². The number of Topliss-reactive ketones (excluding diaryl/α,β-unsaturated/α-hetero) is 7. The van der Waals surface area contributed by atoms with E-state index in [1.165, 1.54) is 49.3 Å². The zero-order valence-electron chi connectivity index (χ0n) is 93.6. The molecule has 8 aromatic rings. The number of aliphatic hydroxyl groups excluding tert-OH is 1. The first-order valence-corrected chi connectivity index (χ1v) is 50.8. The Kier molecular flexibility index (Phi) is 58.4. The fourth-order valence-electron chi connectivity index (χ4n) is 14.1. The maximum atomic E-state index is 12.5. The summed E-state index contributed by atoms with van der Waals surface area (Å²) in [7, 11) is 1.31. The average molecular weight is 2080 g/mol. The molecule has 1 aliphatic heterocycles.